The first-order valence-corrected chi connectivity index (χ1v) is 7.78. The van der Waals surface area contributed by atoms with Crippen LogP contribution in [0.1, 0.15) is 45.2 Å². The molecule has 1 fully saturated rings. The lowest BCUT2D eigenvalue weighted by Crippen LogP contribution is -2.39. The summed E-state index contributed by atoms with van der Waals surface area (Å²) in [5.41, 5.74) is 1.02. The van der Waals surface area contributed by atoms with Crippen molar-refractivity contribution in [3.8, 4) is 0 Å². The fraction of sp³-hybridized carbons (Fsp3) is 0.353. The standard InChI is InChI=1S/C17H18FN3O3/c1-11-2-3-12(8-15(11)18)16(22)20-6-4-14(5-7-20)21-10-13(9-19-21)17(23)24/h2-3,8-10,14H,4-7H2,1H3,(H,23,24). The van der Waals surface area contributed by atoms with E-state index in [4.69, 9.17) is 5.11 Å². The highest BCUT2D eigenvalue weighted by Crippen LogP contribution is 2.23. The third-order valence-corrected chi connectivity index (χ3v) is 4.39. The molecule has 7 heteroatoms. The number of carboxylic acid groups (broad SMARTS) is 1. The molecule has 0 radical (unpaired) electrons. The van der Waals surface area contributed by atoms with Crippen LogP contribution >= 0.6 is 0 Å². The first-order chi connectivity index (χ1) is 11.5. The van der Waals surface area contributed by atoms with Gasteiger partial charge >= 0.3 is 5.97 Å². The Morgan fingerprint density at radius 1 is 1.25 bits per heavy atom. The second-order valence-electron chi connectivity index (χ2n) is 6.00. The van der Waals surface area contributed by atoms with Crippen molar-refractivity contribution in [2.24, 2.45) is 0 Å². The number of hydrogen-bond donors (Lipinski definition) is 1. The van der Waals surface area contributed by atoms with Crippen molar-refractivity contribution >= 4 is 11.9 Å². The fourth-order valence-electron chi connectivity index (χ4n) is 2.89. The number of aromatic nitrogens is 2. The average molecular weight is 331 g/mol. The average Bonchev–Trinajstić information content (AvgIpc) is 3.07. The number of likely N-dealkylation sites (tertiary alicyclic amines) is 1. The highest BCUT2D eigenvalue weighted by molar-refractivity contribution is 5.94. The highest BCUT2D eigenvalue weighted by atomic mass is 19.1. The number of carboxylic acids is 1. The van der Waals surface area contributed by atoms with Gasteiger partial charge in [-0.1, -0.05) is 6.07 Å². The summed E-state index contributed by atoms with van der Waals surface area (Å²) in [6.45, 7) is 2.72. The quantitative estimate of drug-likeness (QED) is 0.938. The summed E-state index contributed by atoms with van der Waals surface area (Å²) in [7, 11) is 0. The maximum atomic E-state index is 13.6. The van der Waals surface area contributed by atoms with Crippen molar-refractivity contribution in [2.75, 3.05) is 13.1 Å². The highest BCUT2D eigenvalue weighted by Gasteiger charge is 2.25. The number of aryl methyl sites for hydroxylation is 1. The maximum absolute atomic E-state index is 13.6. The SMILES string of the molecule is Cc1ccc(C(=O)N2CCC(n3cc(C(=O)O)cn3)CC2)cc1F. The van der Waals surface area contributed by atoms with Gasteiger partial charge in [0, 0.05) is 24.8 Å². The first kappa shape index (κ1) is 16.2. The third kappa shape index (κ3) is 3.15. The van der Waals surface area contributed by atoms with E-state index >= 15 is 0 Å². The number of carbonyl (C=O) groups excluding carboxylic acids is 1. The van der Waals surface area contributed by atoms with Gasteiger partial charge in [-0.3, -0.25) is 9.48 Å². The number of aromatic carboxylic acids is 1. The lowest BCUT2D eigenvalue weighted by Gasteiger charge is -2.32. The number of carbonyl (C=O) groups is 2. The second kappa shape index (κ2) is 6.43. The minimum atomic E-state index is -1.00. The van der Waals surface area contributed by atoms with Gasteiger partial charge in [-0.15, -0.1) is 0 Å². The van der Waals surface area contributed by atoms with Gasteiger partial charge in [0.25, 0.3) is 5.91 Å². The molecule has 126 valence electrons. The summed E-state index contributed by atoms with van der Waals surface area (Å²) < 4.78 is 15.3. The van der Waals surface area contributed by atoms with Crippen LogP contribution in [0.4, 0.5) is 4.39 Å². The van der Waals surface area contributed by atoms with Crippen LogP contribution in [-0.2, 0) is 0 Å². The molecule has 1 aliphatic rings. The lowest BCUT2D eigenvalue weighted by molar-refractivity contribution is 0.0688. The molecule has 6 nitrogen and oxygen atoms in total. The predicted molar refractivity (Wildman–Crippen MR) is 84.5 cm³/mol. The molecule has 1 amide bonds. The van der Waals surface area contributed by atoms with Crippen molar-refractivity contribution in [2.45, 2.75) is 25.8 Å². The molecule has 0 unspecified atom stereocenters. The minimum Gasteiger partial charge on any atom is -0.478 e. The monoisotopic (exact) mass is 331 g/mol. The van der Waals surface area contributed by atoms with Crippen LogP contribution in [0, 0.1) is 12.7 Å². The first-order valence-electron chi connectivity index (χ1n) is 7.78. The Bertz CT molecular complexity index is 779. The van der Waals surface area contributed by atoms with Crippen LogP contribution in [0.3, 0.4) is 0 Å². The van der Waals surface area contributed by atoms with E-state index in [2.05, 4.69) is 5.10 Å². The molecule has 0 atom stereocenters. The van der Waals surface area contributed by atoms with Crippen LogP contribution in [0.15, 0.2) is 30.6 Å². The molecule has 1 aromatic carbocycles. The lowest BCUT2D eigenvalue weighted by atomic mass is 10.0. The topological polar surface area (TPSA) is 75.4 Å². The van der Waals surface area contributed by atoms with Crippen LogP contribution in [-0.4, -0.2) is 44.8 Å². The Labute approximate surface area is 138 Å². The molecule has 1 N–H and O–H groups in total. The van der Waals surface area contributed by atoms with E-state index in [-0.39, 0.29) is 23.3 Å². The van der Waals surface area contributed by atoms with Crippen molar-refractivity contribution in [1.29, 1.82) is 0 Å². The number of piperidine rings is 1. The van der Waals surface area contributed by atoms with Crippen molar-refractivity contribution in [1.82, 2.24) is 14.7 Å². The number of benzene rings is 1. The molecule has 2 aromatic rings. The van der Waals surface area contributed by atoms with Gasteiger partial charge in [0.15, 0.2) is 0 Å². The number of halogens is 1. The maximum Gasteiger partial charge on any atom is 0.338 e. The summed E-state index contributed by atoms with van der Waals surface area (Å²) in [4.78, 5) is 25.1. The molecule has 1 aliphatic heterocycles. The van der Waals surface area contributed by atoms with Crippen molar-refractivity contribution in [3.63, 3.8) is 0 Å². The molecule has 1 aromatic heterocycles. The summed E-state index contributed by atoms with van der Waals surface area (Å²) in [5.74, 6) is -1.57. The third-order valence-electron chi connectivity index (χ3n) is 4.39. The molecule has 0 aliphatic carbocycles. The molecule has 0 bridgehead atoms. The molecule has 0 spiro atoms. The van der Waals surface area contributed by atoms with Crippen molar-refractivity contribution < 1.29 is 19.1 Å². The minimum absolute atomic E-state index is 0.0666. The van der Waals surface area contributed by atoms with Crippen LogP contribution in [0.25, 0.3) is 0 Å². The number of hydrogen-bond acceptors (Lipinski definition) is 3. The smallest absolute Gasteiger partial charge is 0.338 e. The van der Waals surface area contributed by atoms with E-state index in [0.29, 0.717) is 37.1 Å². The van der Waals surface area contributed by atoms with Crippen LogP contribution in [0.5, 0.6) is 0 Å². The van der Waals surface area contributed by atoms with E-state index in [1.54, 1.807) is 28.6 Å². The summed E-state index contributed by atoms with van der Waals surface area (Å²) in [6, 6.07) is 4.58. The summed E-state index contributed by atoms with van der Waals surface area (Å²) >= 11 is 0. The summed E-state index contributed by atoms with van der Waals surface area (Å²) in [6.07, 6.45) is 4.20. The van der Waals surface area contributed by atoms with Crippen LogP contribution < -0.4 is 0 Å². The van der Waals surface area contributed by atoms with E-state index in [0.717, 1.165) is 0 Å². The number of rotatable bonds is 3. The zero-order valence-corrected chi connectivity index (χ0v) is 13.3. The molecule has 24 heavy (non-hydrogen) atoms. The van der Waals surface area contributed by atoms with Gasteiger partial charge in [-0.05, 0) is 37.5 Å². The zero-order chi connectivity index (χ0) is 17.3. The predicted octanol–water partition coefficient (Wildman–Crippen LogP) is 2.51. The Morgan fingerprint density at radius 3 is 2.54 bits per heavy atom. The number of nitrogens with zero attached hydrogens (tertiary/aromatic N) is 3. The fourth-order valence-corrected chi connectivity index (χ4v) is 2.89. The molecule has 1 saturated heterocycles. The van der Waals surface area contributed by atoms with E-state index in [1.165, 1.54) is 18.5 Å². The number of amides is 1. The molecular formula is C17H18FN3O3. The van der Waals surface area contributed by atoms with Gasteiger partial charge in [0.05, 0.1) is 17.8 Å². The largest absolute Gasteiger partial charge is 0.478 e. The molecule has 0 saturated carbocycles. The Morgan fingerprint density at radius 2 is 1.96 bits per heavy atom. The molecular weight excluding hydrogens is 313 g/mol. The van der Waals surface area contributed by atoms with Gasteiger partial charge in [0.2, 0.25) is 0 Å². The summed E-state index contributed by atoms with van der Waals surface area (Å²) in [5, 5.41) is 13.0. The van der Waals surface area contributed by atoms with E-state index < -0.39 is 5.97 Å². The Kier molecular flexibility index (Phi) is 4.33. The molecule has 2 heterocycles. The van der Waals surface area contributed by atoms with E-state index in [9.17, 15) is 14.0 Å². The zero-order valence-electron chi connectivity index (χ0n) is 13.3. The normalized spacial score (nSPS) is 15.5. The van der Waals surface area contributed by atoms with Gasteiger partial charge < -0.3 is 10.0 Å². The van der Waals surface area contributed by atoms with Gasteiger partial charge in [-0.2, -0.15) is 5.10 Å². The molecule has 3 rings (SSSR count). The van der Waals surface area contributed by atoms with E-state index in [1.807, 2.05) is 0 Å². The van der Waals surface area contributed by atoms with Crippen LogP contribution in [0.2, 0.25) is 0 Å². The van der Waals surface area contributed by atoms with Gasteiger partial charge in [-0.25, -0.2) is 9.18 Å². The van der Waals surface area contributed by atoms with Gasteiger partial charge in [0.1, 0.15) is 5.82 Å². The second-order valence-corrected chi connectivity index (χ2v) is 6.00. The Hall–Kier alpha value is -2.70. The van der Waals surface area contributed by atoms with Crippen molar-refractivity contribution in [3.05, 3.63) is 53.1 Å². The Balaban J connectivity index is 1.64.